The third-order valence-electron chi connectivity index (χ3n) is 4.81. The molecule has 29 heavy (non-hydrogen) atoms. The lowest BCUT2D eigenvalue weighted by Gasteiger charge is -2.33. The molecule has 4 rings (SSSR count). The number of hydrogen-bond donors (Lipinski definition) is 0. The Labute approximate surface area is 168 Å². The van der Waals surface area contributed by atoms with E-state index in [9.17, 15) is 13.2 Å². The molecule has 0 saturated carbocycles. The van der Waals surface area contributed by atoms with E-state index >= 15 is 0 Å². The number of aromatic nitrogens is 2. The quantitative estimate of drug-likeness (QED) is 0.636. The molecule has 0 spiro atoms. The van der Waals surface area contributed by atoms with Crippen molar-refractivity contribution in [3.63, 3.8) is 0 Å². The Bertz CT molecular complexity index is 1080. The van der Waals surface area contributed by atoms with Gasteiger partial charge in [-0.05, 0) is 17.7 Å². The van der Waals surface area contributed by atoms with Crippen LogP contribution in [0.15, 0.2) is 65.4 Å². The average molecular weight is 412 g/mol. The monoisotopic (exact) mass is 412 g/mol. The number of carbonyl (C=O) groups excluding carboxylic acids is 1. The van der Waals surface area contributed by atoms with Crippen molar-refractivity contribution < 1.29 is 17.7 Å². The molecule has 8 nitrogen and oxygen atoms in total. The lowest BCUT2D eigenvalue weighted by Crippen LogP contribution is -2.50. The predicted molar refractivity (Wildman–Crippen MR) is 106 cm³/mol. The largest absolute Gasteiger partial charge is 0.355 e. The Kier molecular flexibility index (Phi) is 5.41. The van der Waals surface area contributed by atoms with Crippen LogP contribution in [-0.2, 0) is 15.8 Å². The molecule has 0 bridgehead atoms. The summed E-state index contributed by atoms with van der Waals surface area (Å²) in [6.45, 7) is 1.14. The Morgan fingerprint density at radius 2 is 1.69 bits per heavy atom. The number of hydrogen-bond acceptors (Lipinski definition) is 6. The van der Waals surface area contributed by atoms with Crippen molar-refractivity contribution in [2.75, 3.05) is 26.2 Å². The van der Waals surface area contributed by atoms with Gasteiger partial charge in [0.05, 0.1) is 5.75 Å². The van der Waals surface area contributed by atoms with Crippen LogP contribution in [0.2, 0.25) is 0 Å². The van der Waals surface area contributed by atoms with Gasteiger partial charge in [0.15, 0.2) is 11.5 Å². The van der Waals surface area contributed by atoms with Gasteiger partial charge in [-0.3, -0.25) is 9.78 Å². The molecule has 0 unspecified atom stereocenters. The maximum atomic E-state index is 12.7. The van der Waals surface area contributed by atoms with Gasteiger partial charge in [0, 0.05) is 50.2 Å². The summed E-state index contributed by atoms with van der Waals surface area (Å²) in [5.41, 5.74) is 1.73. The number of rotatable bonds is 5. The van der Waals surface area contributed by atoms with E-state index in [-0.39, 0.29) is 30.4 Å². The van der Waals surface area contributed by atoms with Crippen molar-refractivity contribution >= 4 is 15.9 Å². The Morgan fingerprint density at radius 1 is 1.00 bits per heavy atom. The number of benzene rings is 1. The van der Waals surface area contributed by atoms with Gasteiger partial charge < -0.3 is 9.42 Å². The molecule has 1 saturated heterocycles. The zero-order valence-electron chi connectivity index (χ0n) is 15.6. The summed E-state index contributed by atoms with van der Waals surface area (Å²) in [5.74, 6) is 0.175. The van der Waals surface area contributed by atoms with E-state index in [2.05, 4.69) is 10.1 Å². The van der Waals surface area contributed by atoms with E-state index in [1.165, 1.54) is 4.31 Å². The molecule has 1 aromatic carbocycles. The molecule has 9 heteroatoms. The summed E-state index contributed by atoms with van der Waals surface area (Å²) in [4.78, 5) is 18.3. The van der Waals surface area contributed by atoms with Gasteiger partial charge in [0.1, 0.15) is 0 Å². The summed E-state index contributed by atoms with van der Waals surface area (Å²) in [5, 5.41) is 3.87. The standard InChI is InChI=1S/C20H20N4O4S/c25-20(18-14-19(28-22-18)17-6-8-21-9-7-17)23-10-12-24(13-11-23)29(26,27)15-16-4-2-1-3-5-16/h1-9,14H,10-13,15H2. The predicted octanol–water partition coefficient (Wildman–Crippen LogP) is 2.02. The molecule has 1 aliphatic heterocycles. The fourth-order valence-corrected chi connectivity index (χ4v) is 4.75. The molecule has 0 N–H and O–H groups in total. The highest BCUT2D eigenvalue weighted by Crippen LogP contribution is 2.21. The van der Waals surface area contributed by atoms with Crippen molar-refractivity contribution in [2.45, 2.75) is 5.75 Å². The first-order valence-corrected chi connectivity index (χ1v) is 10.8. The number of nitrogens with zero attached hydrogens (tertiary/aromatic N) is 4. The van der Waals surface area contributed by atoms with E-state index in [1.54, 1.807) is 47.6 Å². The zero-order chi connectivity index (χ0) is 20.3. The first-order valence-electron chi connectivity index (χ1n) is 9.21. The number of pyridine rings is 1. The van der Waals surface area contributed by atoms with Crippen LogP contribution in [0.1, 0.15) is 16.1 Å². The SMILES string of the molecule is O=C(c1cc(-c2ccncc2)on1)N1CCN(S(=O)(=O)Cc2ccccc2)CC1. The third kappa shape index (κ3) is 4.36. The van der Waals surface area contributed by atoms with Crippen LogP contribution in [-0.4, -0.2) is 59.8 Å². The molecule has 0 aliphatic carbocycles. The minimum absolute atomic E-state index is 0.0413. The topological polar surface area (TPSA) is 96.6 Å². The van der Waals surface area contributed by atoms with Crippen LogP contribution in [0.25, 0.3) is 11.3 Å². The summed E-state index contributed by atoms with van der Waals surface area (Å²) in [7, 11) is -3.43. The molecule has 2 aromatic heterocycles. The minimum Gasteiger partial charge on any atom is -0.355 e. The Morgan fingerprint density at radius 3 is 2.38 bits per heavy atom. The molecular formula is C20H20N4O4S. The van der Waals surface area contributed by atoms with Gasteiger partial charge in [-0.25, -0.2) is 8.42 Å². The molecule has 1 amide bonds. The van der Waals surface area contributed by atoms with Gasteiger partial charge in [-0.1, -0.05) is 35.5 Å². The maximum absolute atomic E-state index is 12.7. The van der Waals surface area contributed by atoms with Crippen LogP contribution in [0.5, 0.6) is 0 Å². The maximum Gasteiger partial charge on any atom is 0.276 e. The lowest BCUT2D eigenvalue weighted by molar-refractivity contribution is 0.0687. The molecule has 1 fully saturated rings. The Hall–Kier alpha value is -3.04. The average Bonchev–Trinajstić information content (AvgIpc) is 3.25. The van der Waals surface area contributed by atoms with E-state index in [4.69, 9.17) is 4.52 Å². The fourth-order valence-electron chi connectivity index (χ4n) is 3.24. The van der Waals surface area contributed by atoms with Crippen LogP contribution in [0, 0.1) is 0 Å². The number of piperazine rings is 1. The van der Waals surface area contributed by atoms with Crippen molar-refractivity contribution in [1.29, 1.82) is 0 Å². The number of amides is 1. The lowest BCUT2D eigenvalue weighted by atomic mass is 10.2. The first kappa shape index (κ1) is 19.3. The highest BCUT2D eigenvalue weighted by Gasteiger charge is 2.30. The molecule has 150 valence electrons. The van der Waals surface area contributed by atoms with Gasteiger partial charge in [-0.2, -0.15) is 4.31 Å². The van der Waals surface area contributed by atoms with Gasteiger partial charge in [-0.15, -0.1) is 0 Å². The van der Waals surface area contributed by atoms with Gasteiger partial charge in [0.2, 0.25) is 10.0 Å². The first-order chi connectivity index (χ1) is 14.0. The van der Waals surface area contributed by atoms with Gasteiger partial charge in [0.25, 0.3) is 5.91 Å². The molecule has 3 heterocycles. The van der Waals surface area contributed by atoms with Crippen molar-refractivity contribution in [3.8, 4) is 11.3 Å². The van der Waals surface area contributed by atoms with Crippen molar-refractivity contribution in [2.24, 2.45) is 0 Å². The summed E-state index contributed by atoms with van der Waals surface area (Å²) >= 11 is 0. The highest BCUT2D eigenvalue weighted by molar-refractivity contribution is 7.88. The van der Waals surface area contributed by atoms with Crippen molar-refractivity contribution in [1.82, 2.24) is 19.3 Å². The molecule has 0 atom stereocenters. The van der Waals surface area contributed by atoms with Crippen LogP contribution in [0.3, 0.4) is 0 Å². The highest BCUT2D eigenvalue weighted by atomic mass is 32.2. The molecule has 3 aromatic rings. The summed E-state index contributed by atoms with van der Waals surface area (Å²) < 4.78 is 32.0. The smallest absolute Gasteiger partial charge is 0.276 e. The zero-order valence-corrected chi connectivity index (χ0v) is 16.5. The van der Waals surface area contributed by atoms with E-state index in [1.807, 2.05) is 18.2 Å². The van der Waals surface area contributed by atoms with Crippen LogP contribution < -0.4 is 0 Å². The van der Waals surface area contributed by atoms with Gasteiger partial charge >= 0.3 is 0 Å². The van der Waals surface area contributed by atoms with Crippen LogP contribution in [0.4, 0.5) is 0 Å². The normalized spacial score (nSPS) is 15.4. The molecular weight excluding hydrogens is 392 g/mol. The summed E-state index contributed by atoms with van der Waals surface area (Å²) in [6.07, 6.45) is 3.27. The second-order valence-corrected chi connectivity index (χ2v) is 8.71. The summed E-state index contributed by atoms with van der Waals surface area (Å²) in [6, 6.07) is 14.2. The van der Waals surface area contributed by atoms with E-state index in [0.717, 1.165) is 11.1 Å². The Balaban J connectivity index is 1.38. The second-order valence-electron chi connectivity index (χ2n) is 6.75. The van der Waals surface area contributed by atoms with Crippen LogP contribution >= 0.6 is 0 Å². The number of sulfonamides is 1. The van der Waals surface area contributed by atoms with E-state index in [0.29, 0.717) is 18.8 Å². The number of carbonyl (C=O) groups is 1. The third-order valence-corrected chi connectivity index (χ3v) is 6.66. The second kappa shape index (κ2) is 8.14. The molecule has 1 aliphatic rings. The van der Waals surface area contributed by atoms with E-state index < -0.39 is 10.0 Å². The fraction of sp³-hybridized carbons (Fsp3) is 0.250. The van der Waals surface area contributed by atoms with Crippen molar-refractivity contribution in [3.05, 3.63) is 72.2 Å². The minimum atomic E-state index is -3.43. The molecule has 0 radical (unpaired) electrons.